The van der Waals surface area contributed by atoms with Crippen LogP contribution in [0.4, 0.5) is 5.69 Å². The van der Waals surface area contributed by atoms with Gasteiger partial charge in [0, 0.05) is 17.7 Å². The highest BCUT2D eigenvalue weighted by molar-refractivity contribution is 5.92. The number of carbonyl (C=O) groups is 2. The molecule has 0 aromatic heterocycles. The molecule has 0 aliphatic carbocycles. The van der Waals surface area contributed by atoms with E-state index in [0.717, 1.165) is 6.07 Å². The SMILES string of the molecule is CCOc1cc(C=O)ccc1OC(=O)c1cccc([N+](=O)[O-])c1. The van der Waals surface area contributed by atoms with Gasteiger partial charge < -0.3 is 9.47 Å². The Morgan fingerprint density at radius 1 is 1.22 bits per heavy atom. The van der Waals surface area contributed by atoms with Crippen molar-refractivity contribution in [2.75, 3.05) is 6.61 Å². The summed E-state index contributed by atoms with van der Waals surface area (Å²) >= 11 is 0. The average molecular weight is 315 g/mol. The third kappa shape index (κ3) is 3.91. The molecule has 0 heterocycles. The van der Waals surface area contributed by atoms with E-state index in [1.54, 1.807) is 6.92 Å². The molecule has 2 aromatic carbocycles. The molecule has 2 rings (SSSR count). The molecule has 0 fully saturated rings. The predicted octanol–water partition coefficient (Wildman–Crippen LogP) is 3.03. The zero-order valence-electron chi connectivity index (χ0n) is 12.2. The van der Waals surface area contributed by atoms with E-state index in [9.17, 15) is 19.7 Å². The Morgan fingerprint density at radius 3 is 2.65 bits per heavy atom. The molecule has 7 heteroatoms. The van der Waals surface area contributed by atoms with E-state index in [1.165, 1.54) is 36.4 Å². The summed E-state index contributed by atoms with van der Waals surface area (Å²) in [4.78, 5) is 33.1. The number of non-ortho nitro benzene ring substituents is 1. The number of ether oxygens (including phenoxy) is 2. The van der Waals surface area contributed by atoms with Gasteiger partial charge in [0.1, 0.15) is 6.29 Å². The van der Waals surface area contributed by atoms with Crippen LogP contribution >= 0.6 is 0 Å². The lowest BCUT2D eigenvalue weighted by atomic mass is 10.2. The van der Waals surface area contributed by atoms with Crippen LogP contribution in [0.2, 0.25) is 0 Å². The van der Waals surface area contributed by atoms with Crippen molar-refractivity contribution in [3.05, 3.63) is 63.7 Å². The van der Waals surface area contributed by atoms with E-state index in [4.69, 9.17) is 9.47 Å². The van der Waals surface area contributed by atoms with Crippen molar-refractivity contribution in [3.63, 3.8) is 0 Å². The first-order valence-electron chi connectivity index (χ1n) is 6.73. The molecule has 0 N–H and O–H groups in total. The first-order valence-corrected chi connectivity index (χ1v) is 6.73. The zero-order chi connectivity index (χ0) is 16.8. The Hall–Kier alpha value is -3.22. The summed E-state index contributed by atoms with van der Waals surface area (Å²) in [6.07, 6.45) is 0.647. The van der Waals surface area contributed by atoms with Crippen molar-refractivity contribution in [2.24, 2.45) is 0 Å². The monoisotopic (exact) mass is 315 g/mol. The van der Waals surface area contributed by atoms with Crippen molar-refractivity contribution in [3.8, 4) is 11.5 Å². The Bertz CT molecular complexity index is 756. The number of nitrogens with zero attached hydrogens (tertiary/aromatic N) is 1. The summed E-state index contributed by atoms with van der Waals surface area (Å²) in [5.41, 5.74) is 0.213. The van der Waals surface area contributed by atoms with E-state index in [1.807, 2.05) is 0 Å². The van der Waals surface area contributed by atoms with Gasteiger partial charge in [-0.3, -0.25) is 14.9 Å². The quantitative estimate of drug-likeness (QED) is 0.267. The number of hydrogen-bond acceptors (Lipinski definition) is 6. The summed E-state index contributed by atoms with van der Waals surface area (Å²) < 4.78 is 10.5. The maximum Gasteiger partial charge on any atom is 0.343 e. The lowest BCUT2D eigenvalue weighted by molar-refractivity contribution is -0.384. The van der Waals surface area contributed by atoms with Gasteiger partial charge in [-0.2, -0.15) is 0 Å². The molecule has 0 saturated heterocycles. The van der Waals surface area contributed by atoms with Gasteiger partial charge in [-0.1, -0.05) is 6.07 Å². The van der Waals surface area contributed by atoms with Crippen molar-refractivity contribution in [1.82, 2.24) is 0 Å². The number of nitro groups is 1. The van der Waals surface area contributed by atoms with Crippen LogP contribution in [-0.4, -0.2) is 23.8 Å². The molecule has 0 aliphatic rings. The highest BCUT2D eigenvalue weighted by Gasteiger charge is 2.16. The van der Waals surface area contributed by atoms with Crippen molar-refractivity contribution < 1.29 is 24.0 Å². The number of rotatable bonds is 6. The molecule has 0 spiro atoms. The molecular weight excluding hydrogens is 302 g/mol. The van der Waals surface area contributed by atoms with E-state index in [0.29, 0.717) is 18.5 Å². The van der Waals surface area contributed by atoms with Gasteiger partial charge in [-0.05, 0) is 31.2 Å². The van der Waals surface area contributed by atoms with E-state index >= 15 is 0 Å². The van der Waals surface area contributed by atoms with Crippen LogP contribution in [0.5, 0.6) is 11.5 Å². The molecule has 0 atom stereocenters. The third-order valence-corrected chi connectivity index (χ3v) is 2.90. The standard InChI is InChI=1S/C16H13NO6/c1-2-22-15-8-11(10-18)6-7-14(15)23-16(19)12-4-3-5-13(9-12)17(20)21/h3-10H,2H2,1H3. The van der Waals surface area contributed by atoms with Crippen LogP contribution in [0, 0.1) is 10.1 Å². The second kappa shape index (κ2) is 7.17. The fourth-order valence-electron chi connectivity index (χ4n) is 1.86. The van der Waals surface area contributed by atoms with Crippen molar-refractivity contribution in [2.45, 2.75) is 6.92 Å². The highest BCUT2D eigenvalue weighted by atomic mass is 16.6. The topological polar surface area (TPSA) is 95.7 Å². The summed E-state index contributed by atoms with van der Waals surface area (Å²) in [7, 11) is 0. The molecule has 118 valence electrons. The minimum Gasteiger partial charge on any atom is -0.490 e. The second-order valence-electron chi connectivity index (χ2n) is 4.45. The number of hydrogen-bond donors (Lipinski definition) is 0. The van der Waals surface area contributed by atoms with E-state index < -0.39 is 10.9 Å². The van der Waals surface area contributed by atoms with Crippen molar-refractivity contribution in [1.29, 1.82) is 0 Å². The Kier molecular flexibility index (Phi) is 5.03. The number of esters is 1. The average Bonchev–Trinajstić information content (AvgIpc) is 2.56. The van der Waals surface area contributed by atoms with Crippen LogP contribution < -0.4 is 9.47 Å². The van der Waals surface area contributed by atoms with E-state index in [2.05, 4.69) is 0 Å². The fraction of sp³-hybridized carbons (Fsp3) is 0.125. The predicted molar refractivity (Wildman–Crippen MR) is 81.1 cm³/mol. The van der Waals surface area contributed by atoms with Gasteiger partial charge >= 0.3 is 5.97 Å². The first-order chi connectivity index (χ1) is 11.0. The minimum absolute atomic E-state index is 0.0427. The minimum atomic E-state index is -0.756. The highest BCUT2D eigenvalue weighted by Crippen LogP contribution is 2.29. The number of carbonyl (C=O) groups excluding carboxylic acids is 2. The largest absolute Gasteiger partial charge is 0.490 e. The van der Waals surface area contributed by atoms with E-state index in [-0.39, 0.29) is 22.7 Å². The Morgan fingerprint density at radius 2 is 2.00 bits per heavy atom. The van der Waals surface area contributed by atoms with Gasteiger partial charge in [0.25, 0.3) is 5.69 Å². The van der Waals surface area contributed by atoms with Crippen LogP contribution in [-0.2, 0) is 0 Å². The molecule has 2 aromatic rings. The maximum atomic E-state index is 12.1. The summed E-state index contributed by atoms with van der Waals surface area (Å²) in [5, 5.41) is 10.7. The molecule has 0 bridgehead atoms. The van der Waals surface area contributed by atoms with Gasteiger partial charge in [0.05, 0.1) is 17.1 Å². The third-order valence-electron chi connectivity index (χ3n) is 2.90. The van der Waals surface area contributed by atoms with Gasteiger partial charge in [0.2, 0.25) is 0 Å². The summed E-state index contributed by atoms with van der Waals surface area (Å²) in [6.45, 7) is 2.07. The Balaban J connectivity index is 2.27. The Labute approximate surface area is 131 Å². The molecule has 7 nitrogen and oxygen atoms in total. The molecule has 0 radical (unpaired) electrons. The summed E-state index contributed by atoms with van der Waals surface area (Å²) in [6, 6.07) is 9.58. The van der Waals surface area contributed by atoms with Crippen LogP contribution in [0.3, 0.4) is 0 Å². The number of aldehydes is 1. The van der Waals surface area contributed by atoms with Gasteiger partial charge in [-0.15, -0.1) is 0 Å². The molecule has 23 heavy (non-hydrogen) atoms. The maximum absolute atomic E-state index is 12.1. The van der Waals surface area contributed by atoms with Gasteiger partial charge in [0.15, 0.2) is 11.5 Å². The van der Waals surface area contributed by atoms with Crippen LogP contribution in [0.15, 0.2) is 42.5 Å². The molecular formula is C16H13NO6. The lowest BCUT2D eigenvalue weighted by Crippen LogP contribution is -2.10. The lowest BCUT2D eigenvalue weighted by Gasteiger charge is -2.11. The molecule has 0 saturated carbocycles. The van der Waals surface area contributed by atoms with Crippen molar-refractivity contribution >= 4 is 17.9 Å². The van der Waals surface area contributed by atoms with Crippen LogP contribution in [0.1, 0.15) is 27.6 Å². The molecule has 0 unspecified atom stereocenters. The first kappa shape index (κ1) is 16.2. The second-order valence-corrected chi connectivity index (χ2v) is 4.45. The zero-order valence-corrected chi connectivity index (χ0v) is 12.2. The normalized spacial score (nSPS) is 9.96. The van der Waals surface area contributed by atoms with Crippen LogP contribution in [0.25, 0.3) is 0 Å². The van der Waals surface area contributed by atoms with Gasteiger partial charge in [-0.25, -0.2) is 4.79 Å². The number of nitro benzene ring substituents is 1. The molecule has 0 aliphatic heterocycles. The fourth-order valence-corrected chi connectivity index (χ4v) is 1.86. The molecule has 0 amide bonds. The number of benzene rings is 2. The smallest absolute Gasteiger partial charge is 0.343 e. The summed E-state index contributed by atoms with van der Waals surface area (Å²) in [5.74, 6) is -0.377.